The Bertz CT molecular complexity index is 465. The van der Waals surface area contributed by atoms with Gasteiger partial charge in [-0.25, -0.2) is 4.39 Å². The second-order valence-electron chi connectivity index (χ2n) is 6.97. The SMILES string of the molecule is Cc1cc(F)ccc1C1C(N)CCCCN1C(C)(C)C. The van der Waals surface area contributed by atoms with Crippen molar-refractivity contribution < 1.29 is 4.39 Å². The normalized spacial score (nSPS) is 25.5. The molecule has 0 aromatic heterocycles. The zero-order valence-corrected chi connectivity index (χ0v) is 13.1. The van der Waals surface area contributed by atoms with Gasteiger partial charge in [0.15, 0.2) is 0 Å². The molecule has 2 nitrogen and oxygen atoms in total. The molecule has 1 aromatic carbocycles. The average Bonchev–Trinajstić information content (AvgIpc) is 2.51. The van der Waals surface area contributed by atoms with E-state index in [1.807, 2.05) is 13.0 Å². The van der Waals surface area contributed by atoms with Crippen LogP contribution in [0.2, 0.25) is 0 Å². The zero-order valence-electron chi connectivity index (χ0n) is 13.1. The highest BCUT2D eigenvalue weighted by Crippen LogP contribution is 2.36. The molecule has 1 heterocycles. The molecule has 2 rings (SSSR count). The van der Waals surface area contributed by atoms with Gasteiger partial charge < -0.3 is 5.73 Å². The van der Waals surface area contributed by atoms with Gasteiger partial charge in [-0.3, -0.25) is 4.90 Å². The lowest BCUT2D eigenvalue weighted by Crippen LogP contribution is -2.49. The molecule has 2 unspecified atom stereocenters. The van der Waals surface area contributed by atoms with Crippen LogP contribution in [-0.2, 0) is 0 Å². The van der Waals surface area contributed by atoms with Crippen LogP contribution >= 0.6 is 0 Å². The van der Waals surface area contributed by atoms with Gasteiger partial charge in [-0.15, -0.1) is 0 Å². The summed E-state index contributed by atoms with van der Waals surface area (Å²) in [5.74, 6) is -0.171. The third kappa shape index (κ3) is 3.21. The number of hydrogen-bond acceptors (Lipinski definition) is 2. The number of likely N-dealkylation sites (tertiary alicyclic amines) is 1. The number of rotatable bonds is 1. The average molecular weight is 278 g/mol. The van der Waals surface area contributed by atoms with Crippen LogP contribution in [-0.4, -0.2) is 23.0 Å². The van der Waals surface area contributed by atoms with Crippen molar-refractivity contribution in [1.82, 2.24) is 4.90 Å². The third-order valence-electron chi connectivity index (χ3n) is 4.34. The highest BCUT2D eigenvalue weighted by molar-refractivity contribution is 5.31. The summed E-state index contributed by atoms with van der Waals surface area (Å²) in [7, 11) is 0. The molecule has 112 valence electrons. The van der Waals surface area contributed by atoms with Crippen LogP contribution in [0.3, 0.4) is 0 Å². The van der Waals surface area contributed by atoms with Crippen molar-refractivity contribution in [3.8, 4) is 0 Å². The van der Waals surface area contributed by atoms with E-state index in [1.54, 1.807) is 12.1 Å². The topological polar surface area (TPSA) is 29.3 Å². The standard InChI is InChI=1S/C17H27FN2/c1-12-11-13(18)8-9-14(12)16-15(19)7-5-6-10-20(16)17(2,3)4/h8-9,11,15-16H,5-7,10,19H2,1-4H3. The van der Waals surface area contributed by atoms with Gasteiger partial charge in [-0.2, -0.15) is 0 Å². The Kier molecular flexibility index (Phi) is 4.50. The van der Waals surface area contributed by atoms with Gasteiger partial charge in [-0.1, -0.05) is 12.5 Å². The molecule has 2 N–H and O–H groups in total. The van der Waals surface area contributed by atoms with E-state index in [9.17, 15) is 4.39 Å². The van der Waals surface area contributed by atoms with Gasteiger partial charge in [0.2, 0.25) is 0 Å². The quantitative estimate of drug-likeness (QED) is 0.847. The molecule has 0 saturated carbocycles. The monoisotopic (exact) mass is 278 g/mol. The van der Waals surface area contributed by atoms with Gasteiger partial charge in [-0.05, 0) is 70.3 Å². The fourth-order valence-electron chi connectivity index (χ4n) is 3.31. The van der Waals surface area contributed by atoms with E-state index in [2.05, 4.69) is 25.7 Å². The van der Waals surface area contributed by atoms with Crippen molar-refractivity contribution in [1.29, 1.82) is 0 Å². The maximum atomic E-state index is 13.4. The van der Waals surface area contributed by atoms with Crippen LogP contribution in [0.15, 0.2) is 18.2 Å². The van der Waals surface area contributed by atoms with E-state index in [4.69, 9.17) is 5.73 Å². The van der Waals surface area contributed by atoms with Crippen molar-refractivity contribution in [2.24, 2.45) is 5.73 Å². The summed E-state index contributed by atoms with van der Waals surface area (Å²) in [6.07, 6.45) is 3.39. The number of nitrogens with zero attached hydrogens (tertiary/aromatic N) is 1. The molecule has 3 heteroatoms. The Morgan fingerprint density at radius 2 is 1.95 bits per heavy atom. The highest BCUT2D eigenvalue weighted by Gasteiger charge is 2.35. The molecule has 1 saturated heterocycles. The molecule has 0 spiro atoms. The molecular formula is C17H27FN2. The smallest absolute Gasteiger partial charge is 0.123 e. The first-order valence-electron chi connectivity index (χ1n) is 7.59. The maximum absolute atomic E-state index is 13.4. The molecule has 0 bridgehead atoms. The lowest BCUT2D eigenvalue weighted by molar-refractivity contribution is 0.0752. The van der Waals surface area contributed by atoms with E-state index in [-0.39, 0.29) is 23.4 Å². The van der Waals surface area contributed by atoms with Gasteiger partial charge in [0.25, 0.3) is 0 Å². The van der Waals surface area contributed by atoms with Gasteiger partial charge in [0.1, 0.15) is 5.82 Å². The molecule has 1 aromatic rings. The molecule has 1 aliphatic heterocycles. The van der Waals surface area contributed by atoms with E-state index >= 15 is 0 Å². The summed E-state index contributed by atoms with van der Waals surface area (Å²) >= 11 is 0. The fourth-order valence-corrected chi connectivity index (χ4v) is 3.31. The zero-order chi connectivity index (χ0) is 14.9. The molecule has 0 radical (unpaired) electrons. The number of benzene rings is 1. The summed E-state index contributed by atoms with van der Waals surface area (Å²) in [6.45, 7) is 9.74. The van der Waals surface area contributed by atoms with Crippen LogP contribution in [0, 0.1) is 12.7 Å². The van der Waals surface area contributed by atoms with Crippen LogP contribution in [0.5, 0.6) is 0 Å². The van der Waals surface area contributed by atoms with Crippen molar-refractivity contribution in [2.75, 3.05) is 6.54 Å². The first-order chi connectivity index (χ1) is 9.30. The van der Waals surface area contributed by atoms with Gasteiger partial charge >= 0.3 is 0 Å². The van der Waals surface area contributed by atoms with Crippen molar-refractivity contribution in [3.63, 3.8) is 0 Å². The van der Waals surface area contributed by atoms with Crippen LogP contribution in [0.1, 0.15) is 57.2 Å². The minimum Gasteiger partial charge on any atom is -0.326 e. The second kappa shape index (κ2) is 5.82. The Hall–Kier alpha value is -0.930. The van der Waals surface area contributed by atoms with Crippen LogP contribution in [0.4, 0.5) is 4.39 Å². The predicted octanol–water partition coefficient (Wildman–Crippen LogP) is 3.79. The Morgan fingerprint density at radius 1 is 1.25 bits per heavy atom. The highest BCUT2D eigenvalue weighted by atomic mass is 19.1. The predicted molar refractivity (Wildman–Crippen MR) is 82.2 cm³/mol. The molecule has 1 aliphatic rings. The van der Waals surface area contributed by atoms with E-state index in [0.717, 1.165) is 18.5 Å². The van der Waals surface area contributed by atoms with E-state index < -0.39 is 0 Å². The summed E-state index contributed by atoms with van der Waals surface area (Å²) in [5.41, 5.74) is 8.71. The van der Waals surface area contributed by atoms with Crippen LogP contribution < -0.4 is 5.73 Å². The minimum absolute atomic E-state index is 0.0629. The van der Waals surface area contributed by atoms with Crippen molar-refractivity contribution >= 4 is 0 Å². The van der Waals surface area contributed by atoms with E-state index in [1.165, 1.54) is 18.4 Å². The molecule has 20 heavy (non-hydrogen) atoms. The third-order valence-corrected chi connectivity index (χ3v) is 4.34. The van der Waals surface area contributed by atoms with Crippen molar-refractivity contribution in [3.05, 3.63) is 35.1 Å². The van der Waals surface area contributed by atoms with Crippen LogP contribution in [0.25, 0.3) is 0 Å². The molecular weight excluding hydrogens is 251 g/mol. The van der Waals surface area contributed by atoms with Crippen molar-refractivity contribution in [2.45, 2.75) is 64.6 Å². The Morgan fingerprint density at radius 3 is 2.55 bits per heavy atom. The minimum atomic E-state index is -0.171. The van der Waals surface area contributed by atoms with E-state index in [0.29, 0.717) is 0 Å². The number of aryl methyl sites for hydroxylation is 1. The number of nitrogens with two attached hydrogens (primary N) is 1. The number of halogens is 1. The van der Waals surface area contributed by atoms with Gasteiger partial charge in [0, 0.05) is 11.6 Å². The Balaban J connectivity index is 2.45. The lowest BCUT2D eigenvalue weighted by atomic mass is 9.90. The first-order valence-corrected chi connectivity index (χ1v) is 7.59. The van der Waals surface area contributed by atoms with Gasteiger partial charge in [0.05, 0.1) is 6.04 Å². The summed E-state index contributed by atoms with van der Waals surface area (Å²) in [6, 6.07) is 5.38. The molecule has 1 fully saturated rings. The lowest BCUT2D eigenvalue weighted by Gasteiger charge is -2.43. The second-order valence-corrected chi connectivity index (χ2v) is 6.97. The Labute approximate surface area is 122 Å². The number of hydrogen-bond donors (Lipinski definition) is 1. The summed E-state index contributed by atoms with van der Waals surface area (Å²) < 4.78 is 13.4. The largest absolute Gasteiger partial charge is 0.326 e. The molecule has 0 aliphatic carbocycles. The maximum Gasteiger partial charge on any atom is 0.123 e. The fraction of sp³-hybridized carbons (Fsp3) is 0.647. The molecule has 2 atom stereocenters. The summed E-state index contributed by atoms with van der Waals surface area (Å²) in [5, 5.41) is 0. The summed E-state index contributed by atoms with van der Waals surface area (Å²) in [4.78, 5) is 2.49. The molecule has 0 amide bonds. The first kappa shape index (κ1) is 15.5.